The molecule has 0 amide bonds. The van der Waals surface area contributed by atoms with Crippen molar-refractivity contribution in [2.45, 2.75) is 25.8 Å². The zero-order valence-electron chi connectivity index (χ0n) is 7.58. The quantitative estimate of drug-likeness (QED) is 0.727. The normalized spacial score (nSPS) is 18.2. The SMILES string of the molecule is CC(Nc1ccc(=O)[nH]n1)C1CC1. The summed E-state index contributed by atoms with van der Waals surface area (Å²) < 4.78 is 0. The maximum atomic E-state index is 10.7. The van der Waals surface area contributed by atoms with Crippen LogP contribution in [0.5, 0.6) is 0 Å². The molecule has 1 aromatic rings. The molecule has 1 unspecified atom stereocenters. The van der Waals surface area contributed by atoms with E-state index in [1.807, 2.05) is 0 Å². The minimum Gasteiger partial charge on any atom is -0.366 e. The second kappa shape index (κ2) is 3.20. The molecule has 2 rings (SSSR count). The molecule has 1 saturated carbocycles. The number of anilines is 1. The third kappa shape index (κ3) is 2.08. The molecule has 1 heterocycles. The van der Waals surface area contributed by atoms with Gasteiger partial charge in [-0.3, -0.25) is 4.79 Å². The average Bonchev–Trinajstić information content (AvgIpc) is 2.91. The van der Waals surface area contributed by atoms with Crippen LogP contribution >= 0.6 is 0 Å². The summed E-state index contributed by atoms with van der Waals surface area (Å²) in [4.78, 5) is 10.7. The van der Waals surface area contributed by atoms with Crippen LogP contribution in [0.25, 0.3) is 0 Å². The van der Waals surface area contributed by atoms with Crippen molar-refractivity contribution in [3.8, 4) is 0 Å². The Hall–Kier alpha value is -1.32. The van der Waals surface area contributed by atoms with E-state index in [2.05, 4.69) is 22.4 Å². The zero-order chi connectivity index (χ0) is 9.26. The largest absolute Gasteiger partial charge is 0.366 e. The number of hydrogen-bond acceptors (Lipinski definition) is 3. The number of H-pyrrole nitrogens is 1. The van der Waals surface area contributed by atoms with Gasteiger partial charge in [0.05, 0.1) is 0 Å². The molecule has 0 saturated heterocycles. The Morgan fingerprint density at radius 1 is 1.62 bits per heavy atom. The van der Waals surface area contributed by atoms with Crippen molar-refractivity contribution in [1.29, 1.82) is 0 Å². The molecule has 1 fully saturated rings. The van der Waals surface area contributed by atoms with Crippen molar-refractivity contribution in [3.05, 3.63) is 22.5 Å². The molecule has 0 spiro atoms. The summed E-state index contributed by atoms with van der Waals surface area (Å²) in [6.45, 7) is 2.14. The second-order valence-corrected chi connectivity index (χ2v) is 3.58. The van der Waals surface area contributed by atoms with Gasteiger partial charge in [-0.1, -0.05) is 0 Å². The summed E-state index contributed by atoms with van der Waals surface area (Å²) in [5, 5.41) is 9.53. The second-order valence-electron chi connectivity index (χ2n) is 3.58. The van der Waals surface area contributed by atoms with Crippen LogP contribution in [0.3, 0.4) is 0 Å². The van der Waals surface area contributed by atoms with Gasteiger partial charge >= 0.3 is 0 Å². The highest BCUT2D eigenvalue weighted by atomic mass is 16.1. The first-order chi connectivity index (χ1) is 6.25. The Morgan fingerprint density at radius 3 is 2.92 bits per heavy atom. The summed E-state index contributed by atoms with van der Waals surface area (Å²) in [5.41, 5.74) is -0.162. The maximum Gasteiger partial charge on any atom is 0.264 e. The van der Waals surface area contributed by atoms with Crippen LogP contribution in [0.4, 0.5) is 5.82 Å². The number of rotatable bonds is 3. The number of aromatic amines is 1. The Morgan fingerprint density at radius 2 is 2.38 bits per heavy atom. The Bertz CT molecular complexity index is 322. The minimum absolute atomic E-state index is 0.162. The lowest BCUT2D eigenvalue weighted by Gasteiger charge is -2.12. The fourth-order valence-corrected chi connectivity index (χ4v) is 1.37. The number of nitrogens with zero attached hydrogens (tertiary/aromatic N) is 1. The van der Waals surface area contributed by atoms with E-state index in [4.69, 9.17) is 0 Å². The van der Waals surface area contributed by atoms with Gasteiger partial charge in [-0.2, -0.15) is 5.10 Å². The minimum atomic E-state index is -0.162. The summed E-state index contributed by atoms with van der Waals surface area (Å²) in [5.74, 6) is 1.53. The van der Waals surface area contributed by atoms with E-state index in [9.17, 15) is 4.79 Å². The summed E-state index contributed by atoms with van der Waals surface area (Å²) in [6.07, 6.45) is 2.61. The first-order valence-electron chi connectivity index (χ1n) is 4.58. The fourth-order valence-electron chi connectivity index (χ4n) is 1.37. The highest BCUT2D eigenvalue weighted by Gasteiger charge is 2.27. The molecule has 0 aliphatic heterocycles. The fraction of sp³-hybridized carbons (Fsp3) is 0.556. The predicted molar refractivity (Wildman–Crippen MR) is 50.7 cm³/mol. The molecule has 1 aromatic heterocycles. The van der Waals surface area contributed by atoms with E-state index in [0.717, 1.165) is 11.7 Å². The summed E-state index contributed by atoms with van der Waals surface area (Å²) in [7, 11) is 0. The van der Waals surface area contributed by atoms with Crippen molar-refractivity contribution in [2.24, 2.45) is 5.92 Å². The van der Waals surface area contributed by atoms with Gasteiger partial charge in [0, 0.05) is 12.1 Å². The van der Waals surface area contributed by atoms with Crippen LogP contribution in [0.15, 0.2) is 16.9 Å². The average molecular weight is 179 g/mol. The monoisotopic (exact) mass is 179 g/mol. The smallest absolute Gasteiger partial charge is 0.264 e. The van der Waals surface area contributed by atoms with Crippen molar-refractivity contribution in [1.82, 2.24) is 10.2 Å². The van der Waals surface area contributed by atoms with Gasteiger partial charge in [-0.15, -0.1) is 0 Å². The van der Waals surface area contributed by atoms with E-state index in [1.54, 1.807) is 6.07 Å². The Labute approximate surface area is 76.4 Å². The summed E-state index contributed by atoms with van der Waals surface area (Å²) in [6, 6.07) is 3.64. The molecule has 0 aromatic carbocycles. The van der Waals surface area contributed by atoms with Crippen LogP contribution in [0.1, 0.15) is 19.8 Å². The van der Waals surface area contributed by atoms with Crippen molar-refractivity contribution in [2.75, 3.05) is 5.32 Å². The lowest BCUT2D eigenvalue weighted by Crippen LogP contribution is -2.19. The number of hydrogen-bond donors (Lipinski definition) is 2. The standard InChI is InChI=1S/C9H13N3O/c1-6(7-2-3-7)10-8-4-5-9(13)12-11-8/h4-7H,2-3H2,1H3,(H,10,11)(H,12,13). The topological polar surface area (TPSA) is 57.8 Å². The molecule has 1 aliphatic rings. The molecule has 70 valence electrons. The molecule has 1 aliphatic carbocycles. The van der Waals surface area contributed by atoms with Gasteiger partial charge in [-0.25, -0.2) is 5.10 Å². The van der Waals surface area contributed by atoms with E-state index < -0.39 is 0 Å². The van der Waals surface area contributed by atoms with Crippen molar-refractivity contribution >= 4 is 5.82 Å². The lowest BCUT2D eigenvalue weighted by molar-refractivity contribution is 0.687. The Kier molecular flexibility index (Phi) is 2.04. The zero-order valence-corrected chi connectivity index (χ0v) is 7.58. The van der Waals surface area contributed by atoms with Crippen LogP contribution in [-0.4, -0.2) is 16.2 Å². The molecular formula is C9H13N3O. The first kappa shape index (κ1) is 8.29. The lowest BCUT2D eigenvalue weighted by atomic mass is 10.2. The van der Waals surface area contributed by atoms with Gasteiger partial charge in [0.15, 0.2) is 0 Å². The summed E-state index contributed by atoms with van der Waals surface area (Å²) >= 11 is 0. The van der Waals surface area contributed by atoms with Gasteiger partial charge in [0.1, 0.15) is 5.82 Å². The Balaban J connectivity index is 2.00. The van der Waals surface area contributed by atoms with Crippen molar-refractivity contribution < 1.29 is 0 Å². The number of aromatic nitrogens is 2. The van der Waals surface area contributed by atoms with Gasteiger partial charge in [0.2, 0.25) is 0 Å². The molecule has 13 heavy (non-hydrogen) atoms. The first-order valence-corrected chi connectivity index (χ1v) is 4.58. The molecule has 4 heteroatoms. The maximum absolute atomic E-state index is 10.7. The van der Waals surface area contributed by atoms with Crippen molar-refractivity contribution in [3.63, 3.8) is 0 Å². The van der Waals surface area contributed by atoms with E-state index in [0.29, 0.717) is 6.04 Å². The molecule has 4 nitrogen and oxygen atoms in total. The molecule has 2 N–H and O–H groups in total. The third-order valence-corrected chi connectivity index (χ3v) is 2.38. The van der Waals surface area contributed by atoms with E-state index in [-0.39, 0.29) is 5.56 Å². The molecule has 1 atom stereocenters. The van der Waals surface area contributed by atoms with Gasteiger partial charge in [-0.05, 0) is 31.7 Å². The van der Waals surface area contributed by atoms with Crippen LogP contribution < -0.4 is 10.9 Å². The molecular weight excluding hydrogens is 166 g/mol. The highest BCUT2D eigenvalue weighted by molar-refractivity contribution is 5.33. The highest BCUT2D eigenvalue weighted by Crippen LogP contribution is 2.33. The van der Waals surface area contributed by atoms with Crippen LogP contribution in [0, 0.1) is 5.92 Å². The third-order valence-electron chi connectivity index (χ3n) is 2.38. The predicted octanol–water partition coefficient (Wildman–Crippen LogP) is 0.980. The number of nitrogens with one attached hydrogen (secondary N) is 2. The van der Waals surface area contributed by atoms with Crippen LogP contribution in [0.2, 0.25) is 0 Å². The van der Waals surface area contributed by atoms with Gasteiger partial charge in [0.25, 0.3) is 5.56 Å². The van der Waals surface area contributed by atoms with Crippen LogP contribution in [-0.2, 0) is 0 Å². The molecule has 0 radical (unpaired) electrons. The van der Waals surface area contributed by atoms with Gasteiger partial charge < -0.3 is 5.32 Å². The van der Waals surface area contributed by atoms with E-state index >= 15 is 0 Å². The molecule has 0 bridgehead atoms. The van der Waals surface area contributed by atoms with E-state index in [1.165, 1.54) is 18.9 Å².